The molecule has 1 aliphatic rings. The van der Waals surface area contributed by atoms with E-state index >= 15 is 0 Å². The number of amides is 1. The van der Waals surface area contributed by atoms with E-state index in [0.29, 0.717) is 17.1 Å². The maximum Gasteiger partial charge on any atom is 0.251 e. The number of carbonyl (C=O) groups excluding carboxylic acids is 1. The van der Waals surface area contributed by atoms with Gasteiger partial charge in [-0.3, -0.25) is 4.79 Å². The van der Waals surface area contributed by atoms with Crippen molar-refractivity contribution in [1.82, 2.24) is 10.2 Å². The molecule has 1 aromatic carbocycles. The van der Waals surface area contributed by atoms with Crippen molar-refractivity contribution < 1.29 is 4.79 Å². The zero-order valence-electron chi connectivity index (χ0n) is 10.8. The zero-order chi connectivity index (χ0) is 13.7. The molecule has 0 atom stereocenters. The molecule has 1 aromatic rings. The number of nitrogens with zero attached hydrogens (tertiary/aromatic N) is 1. The number of rotatable bonds is 5. The Morgan fingerprint density at radius 3 is 2.79 bits per heavy atom. The fourth-order valence-electron chi connectivity index (χ4n) is 2.25. The van der Waals surface area contributed by atoms with E-state index in [2.05, 4.69) is 26.1 Å². The van der Waals surface area contributed by atoms with Crippen LogP contribution in [0.15, 0.2) is 22.7 Å². The van der Waals surface area contributed by atoms with Gasteiger partial charge in [0.2, 0.25) is 0 Å². The first-order valence-corrected chi connectivity index (χ1v) is 7.79. The molecule has 5 heteroatoms. The minimum absolute atomic E-state index is 0.0594. The third-order valence-corrected chi connectivity index (χ3v) is 4.55. The van der Waals surface area contributed by atoms with Gasteiger partial charge in [0.25, 0.3) is 5.91 Å². The second-order valence-corrected chi connectivity index (χ2v) is 6.05. The lowest BCUT2D eigenvalue weighted by molar-refractivity contribution is 0.0952. The number of carbonyl (C=O) groups is 1. The van der Waals surface area contributed by atoms with E-state index in [0.717, 1.165) is 17.4 Å². The van der Waals surface area contributed by atoms with Gasteiger partial charge in [-0.05, 0) is 73.0 Å². The first-order valence-electron chi connectivity index (χ1n) is 6.62. The highest BCUT2D eigenvalue weighted by atomic mass is 79.9. The highest BCUT2D eigenvalue weighted by Crippen LogP contribution is 2.23. The molecule has 1 N–H and O–H groups in total. The van der Waals surface area contributed by atoms with Crippen LogP contribution in [-0.2, 0) is 0 Å². The molecule has 0 aliphatic carbocycles. The summed E-state index contributed by atoms with van der Waals surface area (Å²) in [6.07, 6.45) is 3.61. The normalized spacial score (nSPS) is 15.7. The van der Waals surface area contributed by atoms with Crippen LogP contribution in [0.4, 0.5) is 0 Å². The number of halogens is 2. The van der Waals surface area contributed by atoms with Gasteiger partial charge < -0.3 is 10.2 Å². The van der Waals surface area contributed by atoms with Gasteiger partial charge in [0.1, 0.15) is 0 Å². The summed E-state index contributed by atoms with van der Waals surface area (Å²) >= 11 is 9.28. The summed E-state index contributed by atoms with van der Waals surface area (Å²) in [6, 6.07) is 5.24. The van der Waals surface area contributed by atoms with E-state index < -0.39 is 0 Å². The lowest BCUT2D eigenvalue weighted by atomic mass is 10.2. The molecule has 0 saturated carbocycles. The van der Waals surface area contributed by atoms with Crippen LogP contribution in [0.2, 0.25) is 5.02 Å². The van der Waals surface area contributed by atoms with Crippen molar-refractivity contribution >= 4 is 33.4 Å². The van der Waals surface area contributed by atoms with Crippen molar-refractivity contribution in [3.05, 3.63) is 33.3 Å². The lowest BCUT2D eigenvalue weighted by Gasteiger charge is -2.14. The monoisotopic (exact) mass is 344 g/mol. The zero-order valence-corrected chi connectivity index (χ0v) is 13.1. The van der Waals surface area contributed by atoms with Gasteiger partial charge in [0.05, 0.1) is 5.02 Å². The molecule has 1 aliphatic heterocycles. The number of hydrogen-bond acceptors (Lipinski definition) is 2. The third-order valence-electron chi connectivity index (χ3n) is 3.32. The van der Waals surface area contributed by atoms with Crippen LogP contribution in [0.1, 0.15) is 29.6 Å². The minimum atomic E-state index is -0.0594. The Labute approximate surface area is 127 Å². The van der Waals surface area contributed by atoms with E-state index in [1.807, 2.05) is 0 Å². The number of hydrogen-bond donors (Lipinski definition) is 1. The van der Waals surface area contributed by atoms with E-state index in [1.165, 1.54) is 25.9 Å². The van der Waals surface area contributed by atoms with Crippen LogP contribution in [0.25, 0.3) is 0 Å². The molecular weight excluding hydrogens is 328 g/mol. The van der Waals surface area contributed by atoms with Crippen LogP contribution in [0.3, 0.4) is 0 Å². The van der Waals surface area contributed by atoms with Crippen LogP contribution in [0.5, 0.6) is 0 Å². The molecule has 104 valence electrons. The molecule has 0 radical (unpaired) electrons. The second-order valence-electron chi connectivity index (χ2n) is 4.79. The van der Waals surface area contributed by atoms with Crippen LogP contribution >= 0.6 is 27.5 Å². The summed E-state index contributed by atoms with van der Waals surface area (Å²) in [5.41, 5.74) is 0.606. The predicted molar refractivity (Wildman–Crippen MR) is 81.8 cm³/mol. The third kappa shape index (κ3) is 4.48. The Morgan fingerprint density at radius 2 is 2.11 bits per heavy atom. The molecule has 0 spiro atoms. The largest absolute Gasteiger partial charge is 0.352 e. The Morgan fingerprint density at radius 1 is 1.37 bits per heavy atom. The second kappa shape index (κ2) is 7.27. The maximum atomic E-state index is 11.9. The van der Waals surface area contributed by atoms with Gasteiger partial charge in [-0.15, -0.1) is 0 Å². The first-order chi connectivity index (χ1) is 9.16. The molecule has 1 amide bonds. The van der Waals surface area contributed by atoms with Crippen molar-refractivity contribution in [1.29, 1.82) is 0 Å². The fourth-order valence-corrected chi connectivity index (χ4v) is 2.68. The highest BCUT2D eigenvalue weighted by molar-refractivity contribution is 9.10. The highest BCUT2D eigenvalue weighted by Gasteiger charge is 2.11. The molecule has 2 rings (SSSR count). The summed E-state index contributed by atoms with van der Waals surface area (Å²) in [4.78, 5) is 14.4. The quantitative estimate of drug-likeness (QED) is 0.830. The summed E-state index contributed by atoms with van der Waals surface area (Å²) in [5.74, 6) is -0.0594. The maximum absolute atomic E-state index is 11.9. The average Bonchev–Trinajstić information content (AvgIpc) is 2.91. The van der Waals surface area contributed by atoms with E-state index in [1.54, 1.807) is 18.2 Å². The smallest absolute Gasteiger partial charge is 0.251 e. The lowest BCUT2D eigenvalue weighted by Crippen LogP contribution is -2.28. The Balaban J connectivity index is 1.72. The molecular formula is C14H18BrClN2O. The molecule has 1 fully saturated rings. The van der Waals surface area contributed by atoms with Gasteiger partial charge in [-0.1, -0.05) is 11.6 Å². The van der Waals surface area contributed by atoms with Gasteiger partial charge in [-0.2, -0.15) is 0 Å². The number of benzene rings is 1. The van der Waals surface area contributed by atoms with Gasteiger partial charge in [0, 0.05) is 16.6 Å². The topological polar surface area (TPSA) is 32.3 Å². The summed E-state index contributed by atoms with van der Waals surface area (Å²) < 4.78 is 0.805. The SMILES string of the molecule is O=C(NCCCN1CCCC1)c1ccc(Br)c(Cl)c1. The minimum Gasteiger partial charge on any atom is -0.352 e. The molecule has 0 aromatic heterocycles. The number of nitrogens with one attached hydrogen (secondary N) is 1. The van der Waals surface area contributed by atoms with E-state index in [4.69, 9.17) is 11.6 Å². The molecule has 3 nitrogen and oxygen atoms in total. The van der Waals surface area contributed by atoms with Crippen molar-refractivity contribution in [2.45, 2.75) is 19.3 Å². The molecule has 0 unspecified atom stereocenters. The van der Waals surface area contributed by atoms with Crippen molar-refractivity contribution in [2.24, 2.45) is 0 Å². The van der Waals surface area contributed by atoms with E-state index in [-0.39, 0.29) is 5.91 Å². The standard InChI is InChI=1S/C14H18BrClN2O/c15-12-5-4-11(10-13(12)16)14(19)17-6-3-9-18-7-1-2-8-18/h4-5,10H,1-3,6-9H2,(H,17,19). The Kier molecular flexibility index (Phi) is 5.67. The summed E-state index contributed by atoms with van der Waals surface area (Å²) in [6.45, 7) is 4.19. The average molecular weight is 346 g/mol. The first kappa shape index (κ1) is 14.8. The van der Waals surface area contributed by atoms with Crippen LogP contribution in [0, 0.1) is 0 Å². The summed E-state index contributed by atoms with van der Waals surface area (Å²) in [5, 5.41) is 3.49. The van der Waals surface area contributed by atoms with Gasteiger partial charge in [-0.25, -0.2) is 0 Å². The molecule has 0 bridgehead atoms. The van der Waals surface area contributed by atoms with E-state index in [9.17, 15) is 4.79 Å². The Bertz CT molecular complexity index is 447. The fraction of sp³-hybridized carbons (Fsp3) is 0.500. The molecule has 1 heterocycles. The Hall–Kier alpha value is -0.580. The van der Waals surface area contributed by atoms with Crippen LogP contribution in [-0.4, -0.2) is 37.0 Å². The van der Waals surface area contributed by atoms with Crippen LogP contribution < -0.4 is 5.32 Å². The van der Waals surface area contributed by atoms with Gasteiger partial charge in [0.15, 0.2) is 0 Å². The predicted octanol–water partition coefficient (Wildman–Crippen LogP) is 3.32. The molecule has 19 heavy (non-hydrogen) atoms. The number of likely N-dealkylation sites (tertiary alicyclic amines) is 1. The van der Waals surface area contributed by atoms with Crippen molar-refractivity contribution in [3.8, 4) is 0 Å². The molecule has 1 saturated heterocycles. The van der Waals surface area contributed by atoms with Crippen molar-refractivity contribution in [2.75, 3.05) is 26.2 Å². The summed E-state index contributed by atoms with van der Waals surface area (Å²) in [7, 11) is 0. The van der Waals surface area contributed by atoms with Gasteiger partial charge >= 0.3 is 0 Å². The van der Waals surface area contributed by atoms with Crippen molar-refractivity contribution in [3.63, 3.8) is 0 Å².